The van der Waals surface area contributed by atoms with Crippen LogP contribution in [0, 0.1) is 22.7 Å². The summed E-state index contributed by atoms with van der Waals surface area (Å²) >= 11 is 0. The van der Waals surface area contributed by atoms with E-state index in [1.165, 1.54) is 6.08 Å². The SMILES string of the molecule is C=C(COc1ccc(C=C(C#N)C#N)cc1)C(=O)OCC. The second-order valence-electron chi connectivity index (χ2n) is 3.96. The fraction of sp³-hybridized carbons (Fsp3) is 0.188. The Morgan fingerprint density at radius 2 is 1.90 bits per heavy atom. The summed E-state index contributed by atoms with van der Waals surface area (Å²) in [7, 11) is 0. The van der Waals surface area contributed by atoms with Crippen molar-refractivity contribution in [2.75, 3.05) is 13.2 Å². The number of hydrogen-bond acceptors (Lipinski definition) is 5. The molecule has 0 aliphatic carbocycles. The lowest BCUT2D eigenvalue weighted by Crippen LogP contribution is -2.13. The molecule has 0 unspecified atom stereocenters. The van der Waals surface area contributed by atoms with Gasteiger partial charge in [0.15, 0.2) is 0 Å². The zero-order valence-corrected chi connectivity index (χ0v) is 11.6. The van der Waals surface area contributed by atoms with Gasteiger partial charge in [-0.05, 0) is 30.7 Å². The van der Waals surface area contributed by atoms with Gasteiger partial charge in [-0.3, -0.25) is 0 Å². The van der Waals surface area contributed by atoms with E-state index >= 15 is 0 Å². The molecule has 0 heterocycles. The molecule has 1 aromatic carbocycles. The molecule has 0 saturated carbocycles. The first-order valence-electron chi connectivity index (χ1n) is 6.20. The van der Waals surface area contributed by atoms with Crippen molar-refractivity contribution >= 4 is 12.0 Å². The first-order valence-corrected chi connectivity index (χ1v) is 6.20. The van der Waals surface area contributed by atoms with E-state index in [1.54, 1.807) is 43.3 Å². The quantitative estimate of drug-likeness (QED) is 0.455. The van der Waals surface area contributed by atoms with Crippen molar-refractivity contribution in [3.8, 4) is 17.9 Å². The number of ether oxygens (including phenoxy) is 2. The van der Waals surface area contributed by atoms with Crippen LogP contribution in [0.3, 0.4) is 0 Å². The zero-order chi connectivity index (χ0) is 15.7. The van der Waals surface area contributed by atoms with Crippen LogP contribution in [0.5, 0.6) is 5.75 Å². The predicted molar refractivity (Wildman–Crippen MR) is 76.9 cm³/mol. The predicted octanol–water partition coefficient (Wildman–Crippen LogP) is 2.62. The number of nitrogens with zero attached hydrogens (tertiary/aromatic N) is 2. The number of benzene rings is 1. The summed E-state index contributed by atoms with van der Waals surface area (Å²) in [5, 5.41) is 17.3. The van der Waals surface area contributed by atoms with Crippen LogP contribution in [0.2, 0.25) is 0 Å². The van der Waals surface area contributed by atoms with Gasteiger partial charge in [-0.25, -0.2) is 4.79 Å². The van der Waals surface area contributed by atoms with Gasteiger partial charge in [0, 0.05) is 0 Å². The molecule has 0 bridgehead atoms. The lowest BCUT2D eigenvalue weighted by molar-refractivity contribution is -0.138. The molecule has 0 fully saturated rings. The molecule has 21 heavy (non-hydrogen) atoms. The number of rotatable bonds is 6. The van der Waals surface area contributed by atoms with Gasteiger partial charge in [-0.15, -0.1) is 0 Å². The Labute approximate surface area is 123 Å². The molecule has 5 nitrogen and oxygen atoms in total. The molecule has 0 amide bonds. The van der Waals surface area contributed by atoms with Crippen LogP contribution < -0.4 is 4.74 Å². The number of esters is 1. The Morgan fingerprint density at radius 3 is 2.43 bits per heavy atom. The van der Waals surface area contributed by atoms with Crippen LogP contribution in [0.1, 0.15) is 12.5 Å². The average Bonchev–Trinajstić information content (AvgIpc) is 2.51. The highest BCUT2D eigenvalue weighted by Crippen LogP contribution is 2.15. The van der Waals surface area contributed by atoms with Crippen LogP contribution in [-0.2, 0) is 9.53 Å². The Kier molecular flexibility index (Phi) is 6.24. The van der Waals surface area contributed by atoms with Crippen molar-refractivity contribution in [1.82, 2.24) is 0 Å². The Hall–Kier alpha value is -3.05. The summed E-state index contributed by atoms with van der Waals surface area (Å²) in [5.74, 6) is 0.0674. The minimum absolute atomic E-state index is 0.0272. The Bertz CT molecular complexity index is 615. The van der Waals surface area contributed by atoms with E-state index in [-0.39, 0.29) is 17.8 Å². The molecule has 1 aromatic rings. The second kappa shape index (κ2) is 8.19. The van der Waals surface area contributed by atoms with Crippen molar-refractivity contribution in [3.63, 3.8) is 0 Å². The summed E-state index contributed by atoms with van der Waals surface area (Å²) in [6, 6.07) is 10.3. The molecule has 0 spiro atoms. The van der Waals surface area contributed by atoms with Gasteiger partial charge >= 0.3 is 5.97 Å². The fourth-order valence-electron chi connectivity index (χ4n) is 1.38. The molecule has 1 rings (SSSR count). The van der Waals surface area contributed by atoms with E-state index in [0.29, 0.717) is 17.9 Å². The molecule has 0 radical (unpaired) electrons. The van der Waals surface area contributed by atoms with Gasteiger partial charge in [-0.2, -0.15) is 10.5 Å². The van der Waals surface area contributed by atoms with Gasteiger partial charge < -0.3 is 9.47 Å². The summed E-state index contributed by atoms with van der Waals surface area (Å²) in [6.45, 7) is 5.63. The number of allylic oxidation sites excluding steroid dienone is 1. The van der Waals surface area contributed by atoms with Gasteiger partial charge in [0.2, 0.25) is 0 Å². The van der Waals surface area contributed by atoms with E-state index in [0.717, 1.165) is 0 Å². The van der Waals surface area contributed by atoms with Gasteiger partial charge in [-0.1, -0.05) is 18.7 Å². The van der Waals surface area contributed by atoms with E-state index in [1.807, 2.05) is 0 Å². The number of carbonyl (C=O) groups excluding carboxylic acids is 1. The first kappa shape index (κ1) is 16.0. The van der Waals surface area contributed by atoms with Crippen molar-refractivity contribution in [2.45, 2.75) is 6.92 Å². The minimum Gasteiger partial charge on any atom is -0.489 e. The lowest BCUT2D eigenvalue weighted by Gasteiger charge is -2.08. The van der Waals surface area contributed by atoms with Crippen LogP contribution in [0.15, 0.2) is 42.0 Å². The first-order chi connectivity index (χ1) is 10.1. The van der Waals surface area contributed by atoms with E-state index in [2.05, 4.69) is 6.58 Å². The molecule has 0 saturated heterocycles. The molecule has 0 N–H and O–H groups in total. The summed E-state index contributed by atoms with van der Waals surface area (Å²) in [5.41, 5.74) is 0.973. The summed E-state index contributed by atoms with van der Waals surface area (Å²) in [4.78, 5) is 11.3. The molecular formula is C16H14N2O3. The van der Waals surface area contributed by atoms with Gasteiger partial charge in [0.05, 0.1) is 12.2 Å². The number of hydrogen-bond donors (Lipinski definition) is 0. The third-order valence-corrected chi connectivity index (χ3v) is 2.41. The molecular weight excluding hydrogens is 268 g/mol. The molecule has 0 aromatic heterocycles. The lowest BCUT2D eigenvalue weighted by atomic mass is 10.1. The maximum atomic E-state index is 11.3. The van der Waals surface area contributed by atoms with Crippen LogP contribution in [0.25, 0.3) is 6.08 Å². The van der Waals surface area contributed by atoms with Gasteiger partial charge in [0.1, 0.15) is 30.1 Å². The average molecular weight is 282 g/mol. The maximum Gasteiger partial charge on any atom is 0.336 e. The smallest absolute Gasteiger partial charge is 0.336 e. The molecule has 0 aliphatic rings. The van der Waals surface area contributed by atoms with Gasteiger partial charge in [0.25, 0.3) is 0 Å². The molecule has 106 valence electrons. The van der Waals surface area contributed by atoms with Crippen LogP contribution >= 0.6 is 0 Å². The van der Waals surface area contributed by atoms with E-state index in [9.17, 15) is 4.79 Å². The molecule has 5 heteroatoms. The Morgan fingerprint density at radius 1 is 1.29 bits per heavy atom. The fourth-order valence-corrected chi connectivity index (χ4v) is 1.38. The topological polar surface area (TPSA) is 83.1 Å². The largest absolute Gasteiger partial charge is 0.489 e. The monoisotopic (exact) mass is 282 g/mol. The highest BCUT2D eigenvalue weighted by Gasteiger charge is 2.08. The highest BCUT2D eigenvalue weighted by atomic mass is 16.5. The van der Waals surface area contributed by atoms with Crippen molar-refractivity contribution < 1.29 is 14.3 Å². The Balaban J connectivity index is 2.62. The highest BCUT2D eigenvalue weighted by molar-refractivity contribution is 5.88. The molecule has 0 atom stereocenters. The standard InChI is InChI=1S/C16H14N2O3/c1-3-20-16(19)12(2)11-21-15-6-4-13(5-7-15)8-14(9-17)10-18/h4-8H,2-3,11H2,1H3. The summed E-state index contributed by atoms with van der Waals surface area (Å²) < 4.78 is 10.2. The van der Waals surface area contributed by atoms with Crippen LogP contribution in [0.4, 0.5) is 0 Å². The van der Waals surface area contributed by atoms with E-state index < -0.39 is 5.97 Å². The normalized spacial score (nSPS) is 8.90. The second-order valence-corrected chi connectivity index (χ2v) is 3.96. The van der Waals surface area contributed by atoms with Crippen molar-refractivity contribution in [3.05, 3.63) is 47.6 Å². The number of carbonyl (C=O) groups is 1. The van der Waals surface area contributed by atoms with Crippen molar-refractivity contribution in [2.24, 2.45) is 0 Å². The van der Waals surface area contributed by atoms with Crippen molar-refractivity contribution in [1.29, 1.82) is 10.5 Å². The maximum absolute atomic E-state index is 11.3. The van der Waals surface area contributed by atoms with Crippen LogP contribution in [-0.4, -0.2) is 19.2 Å². The zero-order valence-electron chi connectivity index (χ0n) is 11.6. The number of nitriles is 2. The molecule has 0 aliphatic heterocycles. The third-order valence-electron chi connectivity index (χ3n) is 2.41. The third kappa shape index (κ3) is 5.22. The minimum atomic E-state index is -0.482. The van der Waals surface area contributed by atoms with E-state index in [4.69, 9.17) is 20.0 Å². The summed E-state index contributed by atoms with van der Waals surface area (Å²) in [6.07, 6.45) is 1.47.